The van der Waals surface area contributed by atoms with E-state index in [1.54, 1.807) is 0 Å². The second-order valence-corrected chi connectivity index (χ2v) is 4.47. The maximum absolute atomic E-state index is 11.9. The van der Waals surface area contributed by atoms with Crippen LogP contribution in [0.4, 0.5) is 5.69 Å². The van der Waals surface area contributed by atoms with Crippen LogP contribution < -0.4 is 5.32 Å². The smallest absolute Gasteiger partial charge is 0.168 e. The molecular weight excluding hydrogens is 198 g/mol. The summed E-state index contributed by atoms with van der Waals surface area (Å²) < 4.78 is 0. The fraction of sp³-hybridized carbons (Fsp3) is 0.357. The maximum atomic E-state index is 11.9. The van der Waals surface area contributed by atoms with E-state index in [0.717, 1.165) is 11.3 Å². The van der Waals surface area contributed by atoms with E-state index >= 15 is 0 Å². The Morgan fingerprint density at radius 3 is 2.69 bits per heavy atom. The van der Waals surface area contributed by atoms with Gasteiger partial charge in [-0.2, -0.15) is 0 Å². The standard InChI is InChI=1S/C14H17NO/c1-9-7-12-13(8-10(9)2)15-11(3)5-4-6-14(12)16/h4-5,7-8,11,15H,6H2,1-3H3/b5-4-. The molecule has 0 aromatic heterocycles. The molecule has 1 N–H and O–H groups in total. The number of aryl methyl sites for hydroxylation is 2. The number of fused-ring (bicyclic) bond motifs is 1. The van der Waals surface area contributed by atoms with Gasteiger partial charge in [0.25, 0.3) is 0 Å². The molecule has 0 saturated heterocycles. The van der Waals surface area contributed by atoms with Crippen molar-refractivity contribution >= 4 is 11.5 Å². The Bertz CT molecular complexity index is 460. The van der Waals surface area contributed by atoms with Crippen LogP contribution in [0.5, 0.6) is 0 Å². The fourth-order valence-electron chi connectivity index (χ4n) is 1.95. The molecule has 1 aliphatic heterocycles. The number of allylic oxidation sites excluding steroid dienone is 1. The Hall–Kier alpha value is -1.57. The Labute approximate surface area is 96.4 Å². The second-order valence-electron chi connectivity index (χ2n) is 4.47. The molecule has 0 saturated carbocycles. The predicted octanol–water partition coefficient (Wildman–Crippen LogP) is 3.25. The van der Waals surface area contributed by atoms with Gasteiger partial charge >= 0.3 is 0 Å². The molecule has 0 amide bonds. The van der Waals surface area contributed by atoms with Crippen LogP contribution in [-0.2, 0) is 0 Å². The van der Waals surface area contributed by atoms with Gasteiger partial charge in [-0.25, -0.2) is 0 Å². The Balaban J connectivity index is 2.52. The van der Waals surface area contributed by atoms with Gasteiger partial charge in [0.2, 0.25) is 0 Å². The van der Waals surface area contributed by atoms with E-state index in [-0.39, 0.29) is 11.8 Å². The highest BCUT2D eigenvalue weighted by Crippen LogP contribution is 2.24. The van der Waals surface area contributed by atoms with Crippen LogP contribution >= 0.6 is 0 Å². The third-order valence-electron chi connectivity index (χ3n) is 3.05. The summed E-state index contributed by atoms with van der Waals surface area (Å²) in [6.07, 6.45) is 4.48. The second kappa shape index (κ2) is 4.12. The molecule has 0 fully saturated rings. The van der Waals surface area contributed by atoms with Gasteiger partial charge in [-0.1, -0.05) is 12.2 Å². The molecule has 16 heavy (non-hydrogen) atoms. The Morgan fingerprint density at radius 2 is 1.94 bits per heavy atom. The van der Waals surface area contributed by atoms with Crippen molar-refractivity contribution < 1.29 is 4.79 Å². The first kappa shape index (κ1) is 10.9. The number of anilines is 1. The highest BCUT2D eigenvalue weighted by molar-refractivity contribution is 6.02. The normalized spacial score (nSPS) is 21.7. The van der Waals surface area contributed by atoms with Crippen LogP contribution in [0.2, 0.25) is 0 Å². The topological polar surface area (TPSA) is 29.1 Å². The van der Waals surface area contributed by atoms with Crippen LogP contribution in [0.3, 0.4) is 0 Å². The number of hydrogen-bond donors (Lipinski definition) is 1. The monoisotopic (exact) mass is 215 g/mol. The van der Waals surface area contributed by atoms with Gasteiger partial charge in [0.1, 0.15) is 0 Å². The summed E-state index contributed by atoms with van der Waals surface area (Å²) in [4.78, 5) is 11.9. The van der Waals surface area contributed by atoms with Crippen molar-refractivity contribution in [2.24, 2.45) is 0 Å². The lowest BCUT2D eigenvalue weighted by Gasteiger charge is -2.18. The van der Waals surface area contributed by atoms with Crippen molar-refractivity contribution in [1.29, 1.82) is 0 Å². The van der Waals surface area contributed by atoms with E-state index in [1.807, 2.05) is 25.1 Å². The molecule has 84 valence electrons. The number of nitrogens with one attached hydrogen (secondary N) is 1. The zero-order chi connectivity index (χ0) is 11.7. The Morgan fingerprint density at radius 1 is 1.25 bits per heavy atom. The summed E-state index contributed by atoms with van der Waals surface area (Å²) in [6.45, 7) is 6.20. The van der Waals surface area contributed by atoms with E-state index < -0.39 is 0 Å². The molecule has 2 nitrogen and oxygen atoms in total. The first-order valence-corrected chi connectivity index (χ1v) is 5.65. The summed E-state index contributed by atoms with van der Waals surface area (Å²) in [5, 5.41) is 3.35. The SMILES string of the molecule is Cc1cc2c(cc1C)C(=O)C/C=C\C(C)N2. The number of carbonyl (C=O) groups is 1. The number of benzene rings is 1. The van der Waals surface area contributed by atoms with E-state index in [9.17, 15) is 4.79 Å². The lowest BCUT2D eigenvalue weighted by atomic mass is 9.97. The minimum Gasteiger partial charge on any atom is -0.379 e. The van der Waals surface area contributed by atoms with Crippen molar-refractivity contribution in [3.8, 4) is 0 Å². The van der Waals surface area contributed by atoms with Crippen molar-refractivity contribution in [3.63, 3.8) is 0 Å². The molecule has 1 heterocycles. The largest absolute Gasteiger partial charge is 0.379 e. The summed E-state index contributed by atoms with van der Waals surface area (Å²) >= 11 is 0. The van der Waals surface area contributed by atoms with Crippen molar-refractivity contribution in [3.05, 3.63) is 41.0 Å². The summed E-state index contributed by atoms with van der Waals surface area (Å²) in [6, 6.07) is 4.33. The van der Waals surface area contributed by atoms with Crippen LogP contribution in [0.15, 0.2) is 24.3 Å². The molecule has 1 aromatic rings. The lowest BCUT2D eigenvalue weighted by Crippen LogP contribution is -2.17. The number of rotatable bonds is 0. The number of ketones is 1. The molecule has 2 heteroatoms. The van der Waals surface area contributed by atoms with E-state index in [1.165, 1.54) is 11.1 Å². The van der Waals surface area contributed by atoms with Gasteiger partial charge in [-0.15, -0.1) is 0 Å². The minimum absolute atomic E-state index is 0.189. The zero-order valence-electron chi connectivity index (χ0n) is 10.0. The molecular formula is C14H17NO. The van der Waals surface area contributed by atoms with E-state index in [4.69, 9.17) is 0 Å². The Kier molecular flexibility index (Phi) is 2.82. The lowest BCUT2D eigenvalue weighted by molar-refractivity contribution is 0.0996. The van der Waals surface area contributed by atoms with Crippen LogP contribution in [0.1, 0.15) is 34.8 Å². The van der Waals surface area contributed by atoms with Gasteiger partial charge in [-0.3, -0.25) is 4.79 Å². The molecule has 0 bridgehead atoms. The van der Waals surface area contributed by atoms with Gasteiger partial charge < -0.3 is 5.32 Å². The summed E-state index contributed by atoms with van der Waals surface area (Å²) in [7, 11) is 0. The highest BCUT2D eigenvalue weighted by atomic mass is 16.1. The van der Waals surface area contributed by atoms with E-state index in [0.29, 0.717) is 6.42 Å². The average Bonchev–Trinajstić information content (AvgIpc) is 2.21. The molecule has 0 aliphatic carbocycles. The van der Waals surface area contributed by atoms with E-state index in [2.05, 4.69) is 25.2 Å². The average molecular weight is 215 g/mol. The summed E-state index contributed by atoms with van der Waals surface area (Å²) in [5.41, 5.74) is 4.17. The molecule has 1 aliphatic rings. The molecule has 0 spiro atoms. The van der Waals surface area contributed by atoms with Crippen LogP contribution in [0, 0.1) is 13.8 Å². The first-order valence-electron chi connectivity index (χ1n) is 5.65. The van der Waals surface area contributed by atoms with Gasteiger partial charge in [0.05, 0.1) is 0 Å². The van der Waals surface area contributed by atoms with Crippen LogP contribution in [-0.4, -0.2) is 11.8 Å². The predicted molar refractivity (Wildman–Crippen MR) is 67.1 cm³/mol. The summed E-state index contributed by atoms with van der Waals surface area (Å²) in [5.74, 6) is 0.189. The molecule has 1 aromatic carbocycles. The maximum Gasteiger partial charge on any atom is 0.168 e. The quantitative estimate of drug-likeness (QED) is 0.673. The van der Waals surface area contributed by atoms with Crippen molar-refractivity contribution in [2.75, 3.05) is 5.32 Å². The van der Waals surface area contributed by atoms with Crippen molar-refractivity contribution in [2.45, 2.75) is 33.2 Å². The van der Waals surface area contributed by atoms with Gasteiger partial charge in [0.15, 0.2) is 5.78 Å². The fourth-order valence-corrected chi connectivity index (χ4v) is 1.95. The molecule has 2 rings (SSSR count). The number of hydrogen-bond acceptors (Lipinski definition) is 2. The number of Topliss-reactive ketones (excluding diaryl/α,β-unsaturated/α-hetero) is 1. The van der Waals surface area contributed by atoms with Crippen LogP contribution in [0.25, 0.3) is 0 Å². The molecule has 1 atom stereocenters. The highest BCUT2D eigenvalue weighted by Gasteiger charge is 2.15. The third kappa shape index (κ3) is 2.01. The zero-order valence-corrected chi connectivity index (χ0v) is 10.0. The molecule has 1 unspecified atom stereocenters. The number of carbonyl (C=O) groups excluding carboxylic acids is 1. The molecule has 0 radical (unpaired) electrons. The third-order valence-corrected chi connectivity index (χ3v) is 3.05. The van der Waals surface area contributed by atoms with Gasteiger partial charge in [0, 0.05) is 23.7 Å². The van der Waals surface area contributed by atoms with Gasteiger partial charge in [-0.05, 0) is 44.0 Å². The van der Waals surface area contributed by atoms with Crippen molar-refractivity contribution in [1.82, 2.24) is 0 Å². The first-order chi connectivity index (χ1) is 7.58. The minimum atomic E-state index is 0.189.